The van der Waals surface area contributed by atoms with E-state index >= 15 is 0 Å². The Bertz CT molecular complexity index is 1250. The minimum atomic E-state index is -4.73. The van der Waals surface area contributed by atoms with Crippen molar-refractivity contribution in [2.24, 2.45) is 5.16 Å². The lowest BCUT2D eigenvalue weighted by molar-refractivity contribution is 0.281. The molecule has 0 spiro atoms. The highest BCUT2D eigenvalue weighted by atomic mass is 35.5. The van der Waals surface area contributed by atoms with Crippen LogP contribution in [0.4, 0.5) is 0 Å². The molecule has 0 saturated carbocycles. The number of oxime groups is 1. The molecule has 0 aliphatic carbocycles. The van der Waals surface area contributed by atoms with E-state index in [-0.39, 0.29) is 16.1 Å². The molecule has 1 aliphatic rings. The summed E-state index contributed by atoms with van der Waals surface area (Å²) in [5.41, 5.74) is 1.52. The Hall–Kier alpha value is -2.75. The summed E-state index contributed by atoms with van der Waals surface area (Å²) in [6.45, 7) is 0.370. The van der Waals surface area contributed by atoms with Crippen molar-refractivity contribution in [3.8, 4) is 11.4 Å². The lowest BCUT2D eigenvalue weighted by atomic mass is 9.99. The molecule has 0 amide bonds. The lowest BCUT2D eigenvalue weighted by Crippen LogP contribution is -2.24. The average molecular weight is 406 g/mol. The standard InChI is InChI=1S/C17H12ClN3O5S/c18-12-7-6-11-13(20-26-27(23,24)25)8-9-21-15(11)14(12)17(22)19-16(21)10-4-2-1-3-5-10/h1-7H,8-9H2,(H,23,24,25)/b20-13+. The number of rotatable bonds is 3. The second-order valence-corrected chi connectivity index (χ2v) is 7.28. The summed E-state index contributed by atoms with van der Waals surface area (Å²) in [7, 11) is -4.73. The second kappa shape index (κ2) is 6.45. The molecule has 10 heteroatoms. The number of aromatic nitrogens is 2. The van der Waals surface area contributed by atoms with Crippen molar-refractivity contribution in [2.45, 2.75) is 13.0 Å². The smallest absolute Gasteiger partial charge is 0.324 e. The molecule has 27 heavy (non-hydrogen) atoms. The van der Waals surface area contributed by atoms with Crippen LogP contribution < -0.4 is 5.56 Å². The summed E-state index contributed by atoms with van der Waals surface area (Å²) in [6.07, 6.45) is 0.309. The number of hydrogen-bond donors (Lipinski definition) is 1. The van der Waals surface area contributed by atoms with E-state index in [1.54, 1.807) is 6.07 Å². The van der Waals surface area contributed by atoms with Crippen LogP contribution in [0.5, 0.6) is 0 Å². The van der Waals surface area contributed by atoms with Crippen LogP contribution in [0.15, 0.2) is 52.4 Å². The topological polar surface area (TPSA) is 111 Å². The van der Waals surface area contributed by atoms with Gasteiger partial charge in [-0.05, 0) is 12.1 Å². The van der Waals surface area contributed by atoms with Crippen molar-refractivity contribution < 1.29 is 17.3 Å². The van der Waals surface area contributed by atoms with Crippen LogP contribution >= 0.6 is 11.6 Å². The number of aryl methyl sites for hydroxylation is 1. The van der Waals surface area contributed by atoms with E-state index in [9.17, 15) is 13.2 Å². The van der Waals surface area contributed by atoms with Gasteiger partial charge in [0.1, 0.15) is 5.82 Å². The molecule has 2 aromatic carbocycles. The third-order valence-corrected chi connectivity index (χ3v) is 4.81. The molecule has 0 radical (unpaired) electrons. The maximum atomic E-state index is 12.6. The fraction of sp³-hybridized carbons (Fsp3) is 0.118. The SMILES string of the molecule is O=c1nc(-c2ccccc2)n2c3c(ccc(Cl)c13)/C(=N/OS(=O)(=O)O)CC2. The van der Waals surface area contributed by atoms with Gasteiger partial charge in [-0.2, -0.15) is 13.4 Å². The lowest BCUT2D eigenvalue weighted by Gasteiger charge is -2.23. The van der Waals surface area contributed by atoms with Gasteiger partial charge in [0.25, 0.3) is 5.56 Å². The summed E-state index contributed by atoms with van der Waals surface area (Å²) >= 11 is 6.22. The molecule has 0 saturated heterocycles. The minimum Gasteiger partial charge on any atom is -0.324 e. The van der Waals surface area contributed by atoms with Crippen LogP contribution in [-0.2, 0) is 21.2 Å². The Balaban J connectivity index is 2.04. The Labute approximate surface area is 158 Å². The van der Waals surface area contributed by atoms with Gasteiger partial charge in [0.15, 0.2) is 0 Å². The molecule has 0 unspecified atom stereocenters. The fourth-order valence-corrected chi connectivity index (χ4v) is 3.58. The fourth-order valence-electron chi connectivity index (χ4n) is 3.17. The van der Waals surface area contributed by atoms with Crippen LogP contribution in [0, 0.1) is 0 Å². The second-order valence-electron chi connectivity index (χ2n) is 5.87. The highest BCUT2D eigenvalue weighted by molar-refractivity contribution is 7.80. The van der Waals surface area contributed by atoms with Gasteiger partial charge >= 0.3 is 10.4 Å². The van der Waals surface area contributed by atoms with Gasteiger partial charge in [0, 0.05) is 24.1 Å². The molecule has 138 valence electrons. The highest BCUT2D eigenvalue weighted by Gasteiger charge is 2.25. The first kappa shape index (κ1) is 17.7. The molecule has 0 atom stereocenters. The number of nitrogens with zero attached hydrogens (tertiary/aromatic N) is 3. The molecule has 8 nitrogen and oxygen atoms in total. The maximum absolute atomic E-state index is 12.6. The third kappa shape index (κ3) is 3.20. The molecule has 1 aliphatic heterocycles. The van der Waals surface area contributed by atoms with Crippen molar-refractivity contribution in [1.29, 1.82) is 0 Å². The van der Waals surface area contributed by atoms with Gasteiger partial charge in [0.05, 0.1) is 21.6 Å². The van der Waals surface area contributed by atoms with Gasteiger partial charge in [-0.15, -0.1) is 0 Å². The van der Waals surface area contributed by atoms with Crippen LogP contribution in [-0.4, -0.2) is 28.2 Å². The van der Waals surface area contributed by atoms with Crippen LogP contribution in [0.1, 0.15) is 12.0 Å². The van der Waals surface area contributed by atoms with Crippen LogP contribution in [0.25, 0.3) is 22.3 Å². The van der Waals surface area contributed by atoms with E-state index in [1.807, 2.05) is 34.9 Å². The first-order valence-corrected chi connectivity index (χ1v) is 9.61. The highest BCUT2D eigenvalue weighted by Crippen LogP contribution is 2.31. The van der Waals surface area contributed by atoms with Crippen molar-refractivity contribution in [1.82, 2.24) is 9.55 Å². The Morgan fingerprint density at radius 1 is 1.19 bits per heavy atom. The Morgan fingerprint density at radius 3 is 2.63 bits per heavy atom. The van der Waals surface area contributed by atoms with E-state index in [0.717, 1.165) is 5.56 Å². The summed E-state index contributed by atoms with van der Waals surface area (Å²) in [5.74, 6) is 0.478. The van der Waals surface area contributed by atoms with E-state index in [2.05, 4.69) is 14.4 Å². The zero-order valence-electron chi connectivity index (χ0n) is 13.7. The Kier molecular flexibility index (Phi) is 4.22. The molecular weight excluding hydrogens is 394 g/mol. The van der Waals surface area contributed by atoms with Crippen molar-refractivity contribution >= 4 is 38.6 Å². The largest absolute Gasteiger partial charge is 0.466 e. The quantitative estimate of drug-likeness (QED) is 0.529. The van der Waals surface area contributed by atoms with E-state index in [4.69, 9.17) is 16.2 Å². The molecule has 0 bridgehead atoms. The van der Waals surface area contributed by atoms with E-state index in [1.165, 1.54) is 6.07 Å². The van der Waals surface area contributed by atoms with Gasteiger partial charge in [0.2, 0.25) is 0 Å². The predicted octanol–water partition coefficient (Wildman–Crippen LogP) is 2.64. The maximum Gasteiger partial charge on any atom is 0.466 e. The van der Waals surface area contributed by atoms with Gasteiger partial charge in [-0.1, -0.05) is 47.1 Å². The van der Waals surface area contributed by atoms with Gasteiger partial charge in [-0.3, -0.25) is 9.35 Å². The zero-order valence-corrected chi connectivity index (χ0v) is 15.2. The van der Waals surface area contributed by atoms with Crippen LogP contribution in [0.3, 0.4) is 0 Å². The summed E-state index contributed by atoms with van der Waals surface area (Å²) < 4.78 is 36.5. The molecule has 1 aromatic heterocycles. The van der Waals surface area contributed by atoms with Crippen molar-refractivity contribution in [3.63, 3.8) is 0 Å². The van der Waals surface area contributed by atoms with Crippen molar-refractivity contribution in [2.75, 3.05) is 0 Å². The number of hydrogen-bond acceptors (Lipinski definition) is 6. The van der Waals surface area contributed by atoms with Gasteiger partial charge < -0.3 is 4.57 Å². The van der Waals surface area contributed by atoms with Crippen LogP contribution in [0.2, 0.25) is 5.02 Å². The summed E-state index contributed by atoms with van der Waals surface area (Å²) in [6, 6.07) is 12.4. The predicted molar refractivity (Wildman–Crippen MR) is 100 cm³/mol. The number of halogens is 1. The first-order valence-electron chi connectivity index (χ1n) is 7.87. The van der Waals surface area contributed by atoms with Crippen molar-refractivity contribution in [3.05, 3.63) is 63.4 Å². The monoisotopic (exact) mass is 405 g/mol. The molecule has 4 rings (SSSR count). The first-order chi connectivity index (χ1) is 12.8. The number of benzene rings is 2. The molecule has 2 heterocycles. The molecular formula is C17H12ClN3O5S. The molecule has 1 N–H and O–H groups in total. The molecule has 3 aromatic rings. The Morgan fingerprint density at radius 2 is 1.93 bits per heavy atom. The summed E-state index contributed by atoms with van der Waals surface area (Å²) in [4.78, 5) is 16.9. The molecule has 0 fully saturated rings. The average Bonchev–Trinajstić information content (AvgIpc) is 2.64. The van der Waals surface area contributed by atoms with E-state index in [0.29, 0.717) is 29.9 Å². The van der Waals surface area contributed by atoms with E-state index < -0.39 is 16.0 Å². The van der Waals surface area contributed by atoms with Gasteiger partial charge in [-0.25, -0.2) is 4.28 Å². The normalized spacial score (nSPS) is 15.3. The zero-order chi connectivity index (χ0) is 19.2. The minimum absolute atomic E-state index is 0.216. The summed E-state index contributed by atoms with van der Waals surface area (Å²) in [5, 5.41) is 3.99. The third-order valence-electron chi connectivity index (χ3n) is 4.23.